The molecule has 4 aromatic heterocycles. The Kier molecular flexibility index (Phi) is 24.5. The highest BCUT2D eigenvalue weighted by Gasteiger charge is 2.39. The summed E-state index contributed by atoms with van der Waals surface area (Å²) < 4.78 is 21.1. The number of thiazole rings is 2. The van der Waals surface area contributed by atoms with E-state index in [1.165, 1.54) is 35.5 Å². The van der Waals surface area contributed by atoms with Crippen molar-refractivity contribution in [2.24, 2.45) is 57.2 Å². The normalized spacial score (nSPS) is 14.5. The number of nitrogens with zero attached hydrogens (tertiary/aromatic N) is 6. The lowest BCUT2D eigenvalue weighted by molar-refractivity contribution is 0.147. The number of benzene rings is 8. The number of fused-ring (bicyclic) bond motifs is 3. The number of aromatic nitrogens is 4. The number of rotatable bonds is 28. The number of hydrogen-bond acceptors (Lipinski definition) is 7. The van der Waals surface area contributed by atoms with E-state index in [9.17, 15) is 11.8 Å². The second-order valence-electron chi connectivity index (χ2n) is 35.8. The molecule has 12 heteroatoms. The first kappa shape index (κ1) is 78.4. The summed E-state index contributed by atoms with van der Waals surface area (Å²) in [6.07, 6.45) is 9.00. The molecule has 12 aromatic rings. The molecule has 0 saturated carbocycles. The third kappa shape index (κ3) is 18.9. The minimum absolute atomic E-state index is 0.164. The molecule has 0 bridgehead atoms. The molecule has 12 rings (SSSR count). The van der Waals surface area contributed by atoms with Gasteiger partial charge in [-0.05, 0) is 180 Å². The van der Waals surface area contributed by atoms with Crippen molar-refractivity contribution >= 4 is 101 Å². The van der Waals surface area contributed by atoms with Crippen LogP contribution < -0.4 is 42.0 Å². The van der Waals surface area contributed by atoms with Gasteiger partial charge in [0.15, 0.2) is 0 Å². The van der Waals surface area contributed by atoms with Gasteiger partial charge in [-0.1, -0.05) is 291 Å². The van der Waals surface area contributed by atoms with Gasteiger partial charge < -0.3 is 18.4 Å². The van der Waals surface area contributed by atoms with Crippen molar-refractivity contribution in [1.29, 1.82) is 5.26 Å². The summed E-state index contributed by atoms with van der Waals surface area (Å²) in [6, 6.07) is 79.6. The van der Waals surface area contributed by atoms with Crippen LogP contribution in [0.2, 0.25) is 0 Å². The minimum atomic E-state index is -0.544. The summed E-state index contributed by atoms with van der Waals surface area (Å²) in [6.45, 7) is 48.0. The molecule has 6 unspecified atom stereocenters. The molecule has 0 aliphatic heterocycles. The standard InChI is InChI=1S/C96H110B2N6O2S2/c1-65(58-93(5,6)7)46-48-71(67(3)60-95(11,12)13)63-105-77-54-50-69(51-55-77)87-84-85(90(86(100-17)92-102-81-43-31-33-45-83(81)108-92)104(87)98(75-38-26-20-27-39-75)76-40-28-21-29-41-76)88(70-52-56-78(57-53-70)106-64-72(68(4)61-96(14,15)16)49-47-66(2)59-94(8,9)10)103(97(73-34-22-18-23-35-73)74-36-24-19-25-37-74)89(84)79(62-99)91-101-80-42-30-32-44-82(80)107-91/h18-45,50-57,65-68,71-72H,46-49,58-61,63-64H2,1-16H3/b89-79-,90-86+. The maximum atomic E-state index is 12.7. The van der Waals surface area contributed by atoms with E-state index in [2.05, 4.69) is 308 Å². The highest BCUT2D eigenvalue weighted by Crippen LogP contribution is 2.42. The second kappa shape index (κ2) is 33.7. The Balaban J connectivity index is 1.22. The van der Waals surface area contributed by atoms with Crippen molar-refractivity contribution < 1.29 is 9.47 Å². The summed E-state index contributed by atoms with van der Waals surface area (Å²) in [4.78, 5) is 15.7. The number of ether oxygens (including phenoxy) is 2. The highest BCUT2D eigenvalue weighted by molar-refractivity contribution is 7.20. The molecule has 0 aliphatic rings. The molecule has 0 spiro atoms. The quantitative estimate of drug-likeness (QED) is 0.0360. The summed E-state index contributed by atoms with van der Waals surface area (Å²) in [5.41, 5.74) is 10.7. The second-order valence-corrected chi connectivity index (χ2v) is 37.9. The van der Waals surface area contributed by atoms with Crippen molar-refractivity contribution in [2.45, 2.75) is 162 Å². The van der Waals surface area contributed by atoms with Crippen LogP contribution in [0.1, 0.15) is 172 Å². The zero-order valence-electron chi connectivity index (χ0n) is 66.8. The molecular formula is C96H110B2N6O2S2. The highest BCUT2D eigenvalue weighted by atomic mass is 32.1. The third-order valence-corrected chi connectivity index (χ3v) is 23.6. The average molecular weight is 1470 g/mol. The monoisotopic (exact) mass is 1460 g/mol. The van der Waals surface area contributed by atoms with Gasteiger partial charge in [0.25, 0.3) is 0 Å². The molecule has 0 fully saturated rings. The zero-order chi connectivity index (χ0) is 76.7. The van der Waals surface area contributed by atoms with Gasteiger partial charge in [0.05, 0.1) is 45.6 Å². The van der Waals surface area contributed by atoms with Gasteiger partial charge in [0, 0.05) is 27.5 Å². The SMILES string of the molecule is [C-]#[N+]/C(c1nc2ccccc2s1)=c1\c2c(-c3ccc(OCC(CCC(C)CC(C)(C)C)C(C)CC(C)(C)C)cc3)n(B(c3ccccc3)c3ccccc3)/c(=C(/C#N)c3nc4ccccc4s3)c2c(-c2ccc(OCC(CCC(C)CC(C)(C)C)C(C)CC(C)(C)C)cc2)n1B(c1ccccc1)c1ccccc1. The van der Waals surface area contributed by atoms with Crippen LogP contribution >= 0.6 is 22.7 Å². The molecule has 554 valence electrons. The number of para-hydroxylation sites is 2. The van der Waals surface area contributed by atoms with E-state index >= 15 is 0 Å². The van der Waals surface area contributed by atoms with Crippen molar-refractivity contribution in [1.82, 2.24) is 18.9 Å². The molecule has 4 heterocycles. The van der Waals surface area contributed by atoms with Crippen molar-refractivity contribution in [3.8, 4) is 40.1 Å². The Morgan fingerprint density at radius 2 is 0.769 bits per heavy atom. The van der Waals surface area contributed by atoms with E-state index in [4.69, 9.17) is 24.3 Å². The lowest BCUT2D eigenvalue weighted by Gasteiger charge is -2.31. The molecule has 0 aliphatic carbocycles. The van der Waals surface area contributed by atoms with E-state index in [-0.39, 0.29) is 21.7 Å². The third-order valence-electron chi connectivity index (χ3n) is 21.5. The van der Waals surface area contributed by atoms with Crippen LogP contribution in [0.15, 0.2) is 218 Å². The molecule has 0 radical (unpaired) electrons. The molecule has 0 saturated heterocycles. The smallest absolute Gasteiger partial charge is 0.328 e. The van der Waals surface area contributed by atoms with Gasteiger partial charge in [-0.25, -0.2) is 14.8 Å². The molecular weight excluding hydrogens is 1350 g/mol. The molecule has 108 heavy (non-hydrogen) atoms. The van der Waals surface area contributed by atoms with Gasteiger partial charge in [0.1, 0.15) is 33.2 Å². The summed E-state index contributed by atoms with van der Waals surface area (Å²) in [5, 5.41) is 16.9. The van der Waals surface area contributed by atoms with E-state index in [1.807, 2.05) is 36.4 Å². The fraction of sp³-hybridized carbons (Fsp3) is 0.375. The van der Waals surface area contributed by atoms with Gasteiger partial charge >= 0.3 is 13.7 Å². The van der Waals surface area contributed by atoms with Crippen LogP contribution in [0.5, 0.6) is 11.5 Å². The Morgan fingerprint density at radius 1 is 0.435 bits per heavy atom. The average Bonchev–Trinajstić information content (AvgIpc) is 1.52. The lowest BCUT2D eigenvalue weighted by Crippen LogP contribution is -2.54. The van der Waals surface area contributed by atoms with Crippen molar-refractivity contribution in [2.75, 3.05) is 13.2 Å². The molecule has 0 amide bonds. The van der Waals surface area contributed by atoms with Crippen LogP contribution in [0.4, 0.5) is 0 Å². The van der Waals surface area contributed by atoms with Crippen molar-refractivity contribution in [3.63, 3.8) is 0 Å². The summed E-state index contributed by atoms with van der Waals surface area (Å²) in [5.74, 6) is 4.32. The predicted molar refractivity (Wildman–Crippen MR) is 463 cm³/mol. The minimum Gasteiger partial charge on any atom is -0.493 e. The number of hydrogen-bond donors (Lipinski definition) is 0. The first-order valence-corrected chi connectivity index (χ1v) is 41.0. The fourth-order valence-electron chi connectivity index (χ4n) is 17.3. The number of nitriles is 1. The molecule has 8 aromatic carbocycles. The molecule has 0 N–H and O–H groups in total. The molecule has 8 nitrogen and oxygen atoms in total. The Hall–Kier alpha value is -9.19. The van der Waals surface area contributed by atoms with Gasteiger partial charge in [0.2, 0.25) is 5.70 Å². The van der Waals surface area contributed by atoms with Crippen LogP contribution in [-0.2, 0) is 0 Å². The Morgan fingerprint density at radius 3 is 1.12 bits per heavy atom. The fourth-order valence-corrected chi connectivity index (χ4v) is 19.2. The first-order chi connectivity index (χ1) is 51.6. The van der Waals surface area contributed by atoms with E-state index in [1.54, 1.807) is 0 Å². The van der Waals surface area contributed by atoms with Crippen LogP contribution in [0.25, 0.3) is 69.8 Å². The van der Waals surface area contributed by atoms with Gasteiger partial charge in [-0.2, -0.15) is 5.26 Å². The van der Waals surface area contributed by atoms with Crippen LogP contribution in [0, 0.1) is 75.1 Å². The van der Waals surface area contributed by atoms with E-state index in [0.717, 1.165) is 126 Å². The van der Waals surface area contributed by atoms with Gasteiger partial charge in [-0.15, -0.1) is 22.7 Å². The maximum absolute atomic E-state index is 12.7. The Labute approximate surface area is 653 Å². The molecule has 6 atom stereocenters. The predicted octanol–water partition coefficient (Wildman–Crippen LogP) is 21.9. The topological polar surface area (TPSA) is 82.2 Å². The van der Waals surface area contributed by atoms with E-state index in [0.29, 0.717) is 80.7 Å². The van der Waals surface area contributed by atoms with Gasteiger partial charge in [-0.3, -0.25) is 0 Å². The Bertz CT molecular complexity index is 4740. The lowest BCUT2D eigenvalue weighted by atomic mass is 9.50. The largest absolute Gasteiger partial charge is 0.493 e. The van der Waals surface area contributed by atoms with Crippen molar-refractivity contribution in [3.05, 3.63) is 251 Å². The van der Waals surface area contributed by atoms with Crippen LogP contribution in [-0.4, -0.2) is 45.8 Å². The summed E-state index contributed by atoms with van der Waals surface area (Å²) >= 11 is 3.06. The van der Waals surface area contributed by atoms with E-state index < -0.39 is 13.7 Å². The zero-order valence-corrected chi connectivity index (χ0v) is 68.4. The maximum Gasteiger partial charge on any atom is 0.328 e. The summed E-state index contributed by atoms with van der Waals surface area (Å²) in [7, 11) is 0. The van der Waals surface area contributed by atoms with Crippen LogP contribution in [0.3, 0.4) is 0 Å². The first-order valence-electron chi connectivity index (χ1n) is 39.3.